The summed E-state index contributed by atoms with van der Waals surface area (Å²) in [6.07, 6.45) is 0. The first-order valence-corrected chi connectivity index (χ1v) is 8.50. The molecule has 0 bridgehead atoms. The van der Waals surface area contributed by atoms with Gasteiger partial charge < -0.3 is 15.6 Å². The maximum absolute atomic E-state index is 6.64. The molecule has 24 heavy (non-hydrogen) atoms. The fraction of sp³-hybridized carbons (Fsp3) is 0.300. The third kappa shape index (κ3) is 2.74. The highest BCUT2D eigenvalue weighted by molar-refractivity contribution is 5.93. The van der Waals surface area contributed by atoms with Gasteiger partial charge in [0.15, 0.2) is 0 Å². The van der Waals surface area contributed by atoms with Gasteiger partial charge in [0.05, 0.1) is 11.4 Å². The molecule has 0 saturated carbocycles. The molecule has 4 heteroatoms. The minimum atomic E-state index is 0.147. The normalized spacial score (nSPS) is 17.1. The summed E-state index contributed by atoms with van der Waals surface area (Å²) < 4.78 is 0. The fourth-order valence-electron chi connectivity index (χ4n) is 3.25. The van der Waals surface area contributed by atoms with Crippen LogP contribution in [0.2, 0.25) is 0 Å². The molecule has 4 nitrogen and oxygen atoms in total. The lowest BCUT2D eigenvalue weighted by Crippen LogP contribution is -2.38. The predicted molar refractivity (Wildman–Crippen MR) is 102 cm³/mol. The van der Waals surface area contributed by atoms with Crippen molar-refractivity contribution in [2.75, 3.05) is 11.4 Å². The topological polar surface area (TPSA) is 58.5 Å². The summed E-state index contributed by atoms with van der Waals surface area (Å²) in [4.78, 5) is 2.37. The van der Waals surface area contributed by atoms with Crippen LogP contribution in [0.3, 0.4) is 0 Å². The number of hydrogen-bond acceptors (Lipinski definition) is 4. The molecule has 0 saturated heterocycles. The van der Waals surface area contributed by atoms with Crippen LogP contribution in [0.4, 0.5) is 5.69 Å². The van der Waals surface area contributed by atoms with Gasteiger partial charge in [-0.25, -0.2) is 5.84 Å². The smallest absolute Gasteiger partial charge is 0.0849 e. The van der Waals surface area contributed by atoms with Crippen LogP contribution in [0.15, 0.2) is 48.5 Å². The highest BCUT2D eigenvalue weighted by atomic mass is 15.4. The van der Waals surface area contributed by atoms with Crippen LogP contribution >= 0.6 is 0 Å². The van der Waals surface area contributed by atoms with E-state index in [1.807, 2.05) is 12.1 Å². The SMILES string of the molecule is CCN1Cc2ccccc2/C(N)=C(/N(N)C(C)C)c2ccccc21. The van der Waals surface area contributed by atoms with E-state index in [0.717, 1.165) is 35.6 Å². The number of benzene rings is 2. The average molecular weight is 322 g/mol. The molecule has 126 valence electrons. The first-order chi connectivity index (χ1) is 11.5. The Morgan fingerprint density at radius 2 is 1.67 bits per heavy atom. The van der Waals surface area contributed by atoms with Crippen molar-refractivity contribution in [3.05, 3.63) is 65.2 Å². The van der Waals surface area contributed by atoms with Crippen molar-refractivity contribution in [1.82, 2.24) is 5.01 Å². The number of hydrazine groups is 1. The molecule has 2 aromatic rings. The number of hydrogen-bond donors (Lipinski definition) is 2. The molecule has 2 aromatic carbocycles. The molecule has 0 radical (unpaired) electrons. The van der Waals surface area contributed by atoms with Gasteiger partial charge in [0.1, 0.15) is 0 Å². The second-order valence-electron chi connectivity index (χ2n) is 6.45. The maximum atomic E-state index is 6.64. The van der Waals surface area contributed by atoms with Crippen LogP contribution < -0.4 is 16.5 Å². The Hall–Kier alpha value is -2.46. The van der Waals surface area contributed by atoms with Crippen LogP contribution in [0, 0.1) is 0 Å². The van der Waals surface area contributed by atoms with Crippen molar-refractivity contribution in [2.24, 2.45) is 11.6 Å². The van der Waals surface area contributed by atoms with E-state index >= 15 is 0 Å². The van der Waals surface area contributed by atoms with Crippen molar-refractivity contribution in [2.45, 2.75) is 33.4 Å². The average Bonchev–Trinajstić information content (AvgIpc) is 2.59. The Morgan fingerprint density at radius 3 is 2.33 bits per heavy atom. The molecule has 0 aliphatic carbocycles. The van der Waals surface area contributed by atoms with Crippen LogP contribution in [0.5, 0.6) is 0 Å². The summed E-state index contributed by atoms with van der Waals surface area (Å²) >= 11 is 0. The van der Waals surface area contributed by atoms with Crippen molar-refractivity contribution < 1.29 is 0 Å². The van der Waals surface area contributed by atoms with Crippen molar-refractivity contribution in [1.29, 1.82) is 0 Å². The third-order valence-electron chi connectivity index (χ3n) is 4.62. The van der Waals surface area contributed by atoms with Gasteiger partial charge in [-0.3, -0.25) is 0 Å². The Kier molecular flexibility index (Phi) is 4.49. The lowest BCUT2D eigenvalue weighted by molar-refractivity contribution is 0.343. The standard InChI is InChI=1S/C20H26N4/c1-4-23-13-15-9-5-6-10-16(15)19(21)20(24(22)14(2)3)17-11-7-8-12-18(17)23/h5-12,14H,4,13,21-22H2,1-3H3/b20-19-. The first-order valence-electron chi connectivity index (χ1n) is 8.50. The van der Waals surface area contributed by atoms with Crippen LogP contribution in [-0.4, -0.2) is 17.6 Å². The molecule has 1 aliphatic heterocycles. The minimum Gasteiger partial charge on any atom is -0.396 e. The Bertz CT molecular complexity index is 764. The Labute approximate surface area is 144 Å². The molecule has 0 aromatic heterocycles. The van der Waals surface area contributed by atoms with E-state index in [9.17, 15) is 0 Å². The summed E-state index contributed by atoms with van der Waals surface area (Å²) in [5, 5.41) is 1.78. The largest absolute Gasteiger partial charge is 0.396 e. The molecular weight excluding hydrogens is 296 g/mol. The molecule has 1 heterocycles. The van der Waals surface area contributed by atoms with E-state index in [1.54, 1.807) is 5.01 Å². The van der Waals surface area contributed by atoms with Gasteiger partial charge >= 0.3 is 0 Å². The molecular formula is C20H26N4. The third-order valence-corrected chi connectivity index (χ3v) is 4.62. The second-order valence-corrected chi connectivity index (χ2v) is 6.45. The Morgan fingerprint density at radius 1 is 1.04 bits per heavy atom. The quantitative estimate of drug-likeness (QED) is 0.672. The van der Waals surface area contributed by atoms with E-state index in [-0.39, 0.29) is 6.04 Å². The van der Waals surface area contributed by atoms with Gasteiger partial charge in [0, 0.05) is 35.9 Å². The molecule has 1 aliphatic rings. The number of anilines is 1. The van der Waals surface area contributed by atoms with Gasteiger partial charge in [-0.1, -0.05) is 42.5 Å². The van der Waals surface area contributed by atoms with Crippen LogP contribution in [-0.2, 0) is 6.54 Å². The lowest BCUT2D eigenvalue weighted by Gasteiger charge is -2.35. The summed E-state index contributed by atoms with van der Waals surface area (Å²) in [6.45, 7) is 8.08. The number of para-hydroxylation sites is 1. The predicted octanol–water partition coefficient (Wildman–Crippen LogP) is 3.40. The lowest BCUT2D eigenvalue weighted by atomic mass is 9.95. The van der Waals surface area contributed by atoms with E-state index < -0.39 is 0 Å². The van der Waals surface area contributed by atoms with E-state index in [0.29, 0.717) is 0 Å². The number of fused-ring (bicyclic) bond motifs is 2. The number of nitrogens with zero attached hydrogens (tertiary/aromatic N) is 2. The summed E-state index contributed by atoms with van der Waals surface area (Å²) in [7, 11) is 0. The van der Waals surface area contributed by atoms with Crippen LogP contribution in [0.1, 0.15) is 37.5 Å². The molecule has 0 spiro atoms. The molecule has 0 fully saturated rings. The monoisotopic (exact) mass is 322 g/mol. The van der Waals surface area contributed by atoms with Crippen LogP contribution in [0.25, 0.3) is 11.4 Å². The highest BCUT2D eigenvalue weighted by Gasteiger charge is 2.25. The van der Waals surface area contributed by atoms with Gasteiger partial charge in [-0.05, 0) is 32.4 Å². The number of nitrogens with two attached hydrogens (primary N) is 2. The minimum absolute atomic E-state index is 0.147. The zero-order valence-electron chi connectivity index (χ0n) is 14.7. The molecule has 3 rings (SSSR count). The van der Waals surface area contributed by atoms with Crippen molar-refractivity contribution in [3.8, 4) is 0 Å². The van der Waals surface area contributed by atoms with Gasteiger partial charge in [0.2, 0.25) is 0 Å². The Balaban J connectivity index is 2.34. The molecule has 0 amide bonds. The fourth-order valence-corrected chi connectivity index (χ4v) is 3.25. The zero-order chi connectivity index (χ0) is 17.3. The molecule has 4 N–H and O–H groups in total. The molecule has 0 atom stereocenters. The van der Waals surface area contributed by atoms with E-state index in [2.05, 4.69) is 62.1 Å². The van der Waals surface area contributed by atoms with Crippen molar-refractivity contribution in [3.63, 3.8) is 0 Å². The van der Waals surface area contributed by atoms with Gasteiger partial charge in [0.25, 0.3) is 0 Å². The number of rotatable bonds is 3. The summed E-state index contributed by atoms with van der Waals surface area (Å²) in [5.74, 6) is 6.44. The first kappa shape index (κ1) is 16.4. The molecule has 0 unspecified atom stereocenters. The van der Waals surface area contributed by atoms with E-state index in [1.165, 1.54) is 11.3 Å². The highest BCUT2D eigenvalue weighted by Crippen LogP contribution is 2.37. The zero-order valence-corrected chi connectivity index (χ0v) is 14.7. The maximum Gasteiger partial charge on any atom is 0.0849 e. The van der Waals surface area contributed by atoms with Gasteiger partial charge in [-0.15, -0.1) is 0 Å². The summed E-state index contributed by atoms with van der Waals surface area (Å²) in [6, 6.07) is 16.8. The summed E-state index contributed by atoms with van der Waals surface area (Å²) in [5.41, 5.74) is 12.8. The second kappa shape index (κ2) is 6.57. The van der Waals surface area contributed by atoms with Crippen molar-refractivity contribution >= 4 is 17.1 Å². The van der Waals surface area contributed by atoms with Gasteiger partial charge in [-0.2, -0.15) is 0 Å². The van der Waals surface area contributed by atoms with E-state index in [4.69, 9.17) is 11.6 Å².